The SMILES string of the molecule is CCC(C)c1ccc(Oc2ccc(N)c(C(=O)O)c2)cc1. The van der Waals surface area contributed by atoms with Crippen LogP contribution in [0.25, 0.3) is 0 Å². The minimum absolute atomic E-state index is 0.0451. The molecule has 0 aliphatic heterocycles. The Balaban J connectivity index is 2.18. The highest BCUT2D eigenvalue weighted by Gasteiger charge is 2.10. The van der Waals surface area contributed by atoms with Gasteiger partial charge in [-0.3, -0.25) is 0 Å². The van der Waals surface area contributed by atoms with Crippen LogP contribution >= 0.6 is 0 Å². The van der Waals surface area contributed by atoms with Gasteiger partial charge >= 0.3 is 5.97 Å². The Morgan fingerprint density at radius 1 is 1.19 bits per heavy atom. The van der Waals surface area contributed by atoms with E-state index in [0.29, 0.717) is 17.4 Å². The van der Waals surface area contributed by atoms with E-state index in [9.17, 15) is 4.79 Å². The van der Waals surface area contributed by atoms with Crippen LogP contribution in [0.15, 0.2) is 42.5 Å². The van der Waals surface area contributed by atoms with Crippen molar-refractivity contribution in [1.29, 1.82) is 0 Å². The quantitative estimate of drug-likeness (QED) is 0.804. The number of nitrogen functional groups attached to an aromatic ring is 1. The molecular weight excluding hydrogens is 266 g/mol. The molecular formula is C17H19NO3. The van der Waals surface area contributed by atoms with E-state index in [0.717, 1.165) is 6.42 Å². The number of ether oxygens (including phenoxy) is 1. The van der Waals surface area contributed by atoms with E-state index >= 15 is 0 Å². The zero-order valence-electron chi connectivity index (χ0n) is 12.2. The fraction of sp³-hybridized carbons (Fsp3) is 0.235. The lowest BCUT2D eigenvalue weighted by molar-refractivity contribution is 0.0697. The summed E-state index contributed by atoms with van der Waals surface area (Å²) in [6.45, 7) is 4.33. The summed E-state index contributed by atoms with van der Waals surface area (Å²) >= 11 is 0. The highest BCUT2D eigenvalue weighted by molar-refractivity contribution is 5.94. The van der Waals surface area contributed by atoms with E-state index < -0.39 is 5.97 Å². The number of benzene rings is 2. The van der Waals surface area contributed by atoms with Gasteiger partial charge in [0, 0.05) is 5.69 Å². The van der Waals surface area contributed by atoms with Gasteiger partial charge in [-0.05, 0) is 48.2 Å². The molecule has 2 rings (SSSR count). The number of nitrogens with two attached hydrogens (primary N) is 1. The van der Waals surface area contributed by atoms with Crippen molar-refractivity contribution in [3.05, 3.63) is 53.6 Å². The molecule has 4 nitrogen and oxygen atoms in total. The van der Waals surface area contributed by atoms with Gasteiger partial charge in [0.15, 0.2) is 0 Å². The largest absolute Gasteiger partial charge is 0.478 e. The summed E-state index contributed by atoms with van der Waals surface area (Å²) in [4.78, 5) is 11.0. The minimum atomic E-state index is -1.06. The van der Waals surface area contributed by atoms with Crippen molar-refractivity contribution < 1.29 is 14.6 Å². The molecule has 0 aliphatic carbocycles. The molecule has 0 aromatic heterocycles. The highest BCUT2D eigenvalue weighted by Crippen LogP contribution is 2.27. The van der Waals surface area contributed by atoms with Gasteiger partial charge in [-0.25, -0.2) is 4.79 Å². The molecule has 0 saturated heterocycles. The van der Waals surface area contributed by atoms with Crippen molar-refractivity contribution >= 4 is 11.7 Å². The van der Waals surface area contributed by atoms with Crippen molar-refractivity contribution in [3.8, 4) is 11.5 Å². The molecule has 1 atom stereocenters. The number of carboxylic acids is 1. The maximum atomic E-state index is 11.0. The molecule has 21 heavy (non-hydrogen) atoms. The van der Waals surface area contributed by atoms with Gasteiger partial charge in [-0.2, -0.15) is 0 Å². The summed E-state index contributed by atoms with van der Waals surface area (Å²) in [6.07, 6.45) is 1.08. The number of hydrogen-bond acceptors (Lipinski definition) is 3. The summed E-state index contributed by atoms with van der Waals surface area (Å²) in [5.41, 5.74) is 7.14. The average molecular weight is 285 g/mol. The van der Waals surface area contributed by atoms with E-state index in [1.807, 2.05) is 24.3 Å². The molecule has 1 unspecified atom stereocenters. The third-order valence-electron chi connectivity index (χ3n) is 3.55. The van der Waals surface area contributed by atoms with Crippen molar-refractivity contribution in [3.63, 3.8) is 0 Å². The van der Waals surface area contributed by atoms with E-state index in [1.54, 1.807) is 6.07 Å². The van der Waals surface area contributed by atoms with E-state index in [1.165, 1.54) is 17.7 Å². The van der Waals surface area contributed by atoms with Crippen molar-refractivity contribution in [2.24, 2.45) is 0 Å². The first kappa shape index (κ1) is 14.9. The number of hydrogen-bond donors (Lipinski definition) is 2. The van der Waals surface area contributed by atoms with Crippen LogP contribution in [0.4, 0.5) is 5.69 Å². The fourth-order valence-electron chi connectivity index (χ4n) is 2.02. The fourth-order valence-corrected chi connectivity index (χ4v) is 2.02. The van der Waals surface area contributed by atoms with E-state index in [-0.39, 0.29) is 11.3 Å². The second kappa shape index (κ2) is 6.31. The number of carboxylic acid groups (broad SMARTS) is 1. The normalized spacial score (nSPS) is 11.9. The maximum absolute atomic E-state index is 11.0. The molecule has 3 N–H and O–H groups in total. The molecule has 0 heterocycles. The molecule has 110 valence electrons. The summed E-state index contributed by atoms with van der Waals surface area (Å²) < 4.78 is 5.67. The van der Waals surface area contributed by atoms with Crippen LogP contribution < -0.4 is 10.5 Å². The second-order valence-electron chi connectivity index (χ2n) is 5.03. The lowest BCUT2D eigenvalue weighted by Crippen LogP contribution is -2.02. The van der Waals surface area contributed by atoms with Crippen LogP contribution in [0, 0.1) is 0 Å². The first-order valence-corrected chi connectivity index (χ1v) is 6.92. The lowest BCUT2D eigenvalue weighted by atomic mass is 9.99. The van der Waals surface area contributed by atoms with Crippen LogP contribution in [0.1, 0.15) is 42.1 Å². The van der Waals surface area contributed by atoms with Gasteiger partial charge in [0.1, 0.15) is 11.5 Å². The van der Waals surface area contributed by atoms with E-state index in [4.69, 9.17) is 15.6 Å². The van der Waals surface area contributed by atoms with Crippen LogP contribution in [-0.4, -0.2) is 11.1 Å². The molecule has 2 aromatic carbocycles. The van der Waals surface area contributed by atoms with Gasteiger partial charge in [0.05, 0.1) is 5.56 Å². The predicted octanol–water partition coefficient (Wildman–Crippen LogP) is 4.27. The van der Waals surface area contributed by atoms with Gasteiger partial charge < -0.3 is 15.6 Å². The minimum Gasteiger partial charge on any atom is -0.478 e. The zero-order chi connectivity index (χ0) is 15.4. The molecule has 0 spiro atoms. The number of rotatable bonds is 5. The Bertz CT molecular complexity index is 635. The molecule has 0 aliphatic rings. The molecule has 0 saturated carbocycles. The van der Waals surface area contributed by atoms with E-state index in [2.05, 4.69) is 13.8 Å². The first-order valence-electron chi connectivity index (χ1n) is 6.92. The van der Waals surface area contributed by atoms with Crippen LogP contribution in [-0.2, 0) is 0 Å². The third kappa shape index (κ3) is 3.54. The summed E-state index contributed by atoms with van der Waals surface area (Å²) in [5.74, 6) is 0.570. The van der Waals surface area contributed by atoms with Crippen LogP contribution in [0.2, 0.25) is 0 Å². The molecule has 0 amide bonds. The van der Waals surface area contributed by atoms with Crippen LogP contribution in [0.5, 0.6) is 11.5 Å². The third-order valence-corrected chi connectivity index (χ3v) is 3.55. The number of carbonyl (C=O) groups is 1. The number of anilines is 1. The standard InChI is InChI=1S/C17H19NO3/c1-3-11(2)12-4-6-13(7-5-12)21-14-8-9-16(18)15(10-14)17(19)20/h4-11H,3,18H2,1-2H3,(H,19,20). The number of aromatic carboxylic acids is 1. The van der Waals surface area contributed by atoms with Gasteiger partial charge in [-0.1, -0.05) is 26.0 Å². The Kier molecular flexibility index (Phi) is 4.48. The van der Waals surface area contributed by atoms with Crippen molar-refractivity contribution in [1.82, 2.24) is 0 Å². The Morgan fingerprint density at radius 2 is 1.81 bits per heavy atom. The molecule has 0 radical (unpaired) electrons. The highest BCUT2D eigenvalue weighted by atomic mass is 16.5. The van der Waals surface area contributed by atoms with Crippen LogP contribution in [0.3, 0.4) is 0 Å². The molecule has 0 fully saturated rings. The second-order valence-corrected chi connectivity index (χ2v) is 5.03. The summed E-state index contributed by atoms with van der Waals surface area (Å²) in [6, 6.07) is 12.4. The molecule has 0 bridgehead atoms. The molecule has 2 aromatic rings. The monoisotopic (exact) mass is 285 g/mol. The Labute approximate surface area is 124 Å². The van der Waals surface area contributed by atoms with Gasteiger partial charge in [0.25, 0.3) is 0 Å². The van der Waals surface area contributed by atoms with Crippen molar-refractivity contribution in [2.75, 3.05) is 5.73 Å². The average Bonchev–Trinajstić information content (AvgIpc) is 2.49. The lowest BCUT2D eigenvalue weighted by Gasteiger charge is -2.11. The predicted molar refractivity (Wildman–Crippen MR) is 83.0 cm³/mol. The van der Waals surface area contributed by atoms with Gasteiger partial charge in [-0.15, -0.1) is 0 Å². The summed E-state index contributed by atoms with van der Waals surface area (Å²) in [7, 11) is 0. The van der Waals surface area contributed by atoms with Gasteiger partial charge in [0.2, 0.25) is 0 Å². The first-order chi connectivity index (χ1) is 10.0. The maximum Gasteiger partial charge on any atom is 0.337 e. The topological polar surface area (TPSA) is 72.5 Å². The molecule has 4 heteroatoms. The zero-order valence-corrected chi connectivity index (χ0v) is 12.2. The summed E-state index contributed by atoms with van der Waals surface area (Å²) in [5, 5.41) is 9.05. The van der Waals surface area contributed by atoms with Crippen molar-refractivity contribution in [2.45, 2.75) is 26.2 Å². The Hall–Kier alpha value is -2.49. The smallest absolute Gasteiger partial charge is 0.337 e. The Morgan fingerprint density at radius 3 is 2.38 bits per heavy atom.